The van der Waals surface area contributed by atoms with E-state index >= 15 is 0 Å². The second-order valence-electron chi connectivity index (χ2n) is 6.22. The molecule has 1 N–H and O–H groups in total. The Bertz CT molecular complexity index is 344. The van der Waals surface area contributed by atoms with Gasteiger partial charge < -0.3 is 5.32 Å². The monoisotopic (exact) mass is 280 g/mol. The third-order valence-electron chi connectivity index (χ3n) is 3.79. The molecule has 2 rings (SSSR count). The highest BCUT2D eigenvalue weighted by Gasteiger charge is 2.31. The summed E-state index contributed by atoms with van der Waals surface area (Å²) in [5, 5.41) is 5.75. The molecular formula is C16H28N2S. The van der Waals surface area contributed by atoms with Crippen LogP contribution in [0.25, 0.3) is 0 Å². The van der Waals surface area contributed by atoms with E-state index in [1.54, 1.807) is 0 Å². The normalized spacial score (nSPS) is 17.3. The molecule has 0 aromatic carbocycles. The highest BCUT2D eigenvalue weighted by atomic mass is 32.1. The van der Waals surface area contributed by atoms with Crippen LogP contribution in [0.1, 0.15) is 44.9 Å². The van der Waals surface area contributed by atoms with Crippen LogP contribution in [0.5, 0.6) is 0 Å². The van der Waals surface area contributed by atoms with Crippen LogP contribution < -0.4 is 5.32 Å². The van der Waals surface area contributed by atoms with Gasteiger partial charge >= 0.3 is 0 Å². The van der Waals surface area contributed by atoms with Crippen LogP contribution in [0.4, 0.5) is 0 Å². The molecule has 19 heavy (non-hydrogen) atoms. The molecule has 2 nitrogen and oxygen atoms in total. The van der Waals surface area contributed by atoms with Crippen LogP contribution in [-0.2, 0) is 6.54 Å². The van der Waals surface area contributed by atoms with Crippen molar-refractivity contribution >= 4 is 11.3 Å². The summed E-state index contributed by atoms with van der Waals surface area (Å²) >= 11 is 1.89. The van der Waals surface area contributed by atoms with Crippen LogP contribution in [0.3, 0.4) is 0 Å². The molecule has 1 fully saturated rings. The van der Waals surface area contributed by atoms with Crippen molar-refractivity contribution in [3.63, 3.8) is 0 Å². The number of hydrogen-bond donors (Lipinski definition) is 1. The van der Waals surface area contributed by atoms with Crippen molar-refractivity contribution in [1.82, 2.24) is 10.2 Å². The Kier molecular flexibility index (Phi) is 5.86. The molecule has 1 saturated carbocycles. The predicted octanol–water partition coefficient (Wildman–Crippen LogP) is 3.74. The summed E-state index contributed by atoms with van der Waals surface area (Å²) in [6.07, 6.45) is 4.05. The van der Waals surface area contributed by atoms with E-state index < -0.39 is 0 Å². The van der Waals surface area contributed by atoms with Gasteiger partial charge in [0, 0.05) is 23.5 Å². The Morgan fingerprint density at radius 1 is 1.37 bits per heavy atom. The quantitative estimate of drug-likeness (QED) is 0.693. The standard InChI is InChI=1S/C16H28N2S/c1-13(2)11-17-9-8-14(3)18(15-6-7-15)12-16-5-4-10-19-16/h4-5,10,13-15,17H,6-9,11-12H2,1-3H3. The molecule has 0 bridgehead atoms. The van der Waals surface area contributed by atoms with E-state index in [-0.39, 0.29) is 0 Å². The highest BCUT2D eigenvalue weighted by Crippen LogP contribution is 2.31. The fourth-order valence-electron chi connectivity index (χ4n) is 2.50. The molecule has 1 aliphatic carbocycles. The van der Waals surface area contributed by atoms with Gasteiger partial charge in [0.05, 0.1) is 0 Å². The molecule has 1 heterocycles. The van der Waals surface area contributed by atoms with Gasteiger partial charge in [-0.2, -0.15) is 0 Å². The molecule has 0 radical (unpaired) electrons. The lowest BCUT2D eigenvalue weighted by atomic mass is 10.1. The van der Waals surface area contributed by atoms with Crippen molar-refractivity contribution in [2.75, 3.05) is 13.1 Å². The van der Waals surface area contributed by atoms with Crippen LogP contribution >= 0.6 is 11.3 Å². The number of nitrogens with zero attached hydrogens (tertiary/aromatic N) is 1. The summed E-state index contributed by atoms with van der Waals surface area (Å²) < 4.78 is 0. The summed E-state index contributed by atoms with van der Waals surface area (Å²) in [4.78, 5) is 4.22. The Hall–Kier alpha value is -0.380. The van der Waals surface area contributed by atoms with Gasteiger partial charge in [0.25, 0.3) is 0 Å². The molecule has 1 unspecified atom stereocenters. The molecule has 0 amide bonds. The maximum absolute atomic E-state index is 3.56. The lowest BCUT2D eigenvalue weighted by Gasteiger charge is -2.29. The van der Waals surface area contributed by atoms with Gasteiger partial charge in [-0.3, -0.25) is 4.90 Å². The van der Waals surface area contributed by atoms with Crippen LogP contribution in [0.2, 0.25) is 0 Å². The van der Waals surface area contributed by atoms with Crippen molar-refractivity contribution < 1.29 is 0 Å². The molecule has 108 valence electrons. The SMILES string of the molecule is CC(C)CNCCC(C)N(Cc1cccs1)C1CC1. The number of hydrogen-bond acceptors (Lipinski definition) is 3. The average Bonchev–Trinajstić information content (AvgIpc) is 3.08. The van der Waals surface area contributed by atoms with E-state index in [2.05, 4.69) is 48.5 Å². The van der Waals surface area contributed by atoms with Crippen molar-refractivity contribution in [1.29, 1.82) is 0 Å². The van der Waals surface area contributed by atoms with Gasteiger partial charge in [0.15, 0.2) is 0 Å². The molecule has 3 heteroatoms. The minimum absolute atomic E-state index is 0.689. The van der Waals surface area contributed by atoms with E-state index in [9.17, 15) is 0 Å². The lowest BCUT2D eigenvalue weighted by Crippen LogP contribution is -2.36. The third kappa shape index (κ3) is 5.25. The molecule has 0 aliphatic heterocycles. The third-order valence-corrected chi connectivity index (χ3v) is 4.65. The summed E-state index contributed by atoms with van der Waals surface area (Å²) in [6, 6.07) is 5.97. The summed E-state index contributed by atoms with van der Waals surface area (Å²) in [5.74, 6) is 0.751. The van der Waals surface area contributed by atoms with Gasteiger partial charge in [-0.25, -0.2) is 0 Å². The predicted molar refractivity (Wildman–Crippen MR) is 84.7 cm³/mol. The van der Waals surface area contributed by atoms with E-state index in [1.807, 2.05) is 11.3 Å². The smallest absolute Gasteiger partial charge is 0.0333 e. The Labute approximate surface area is 122 Å². The van der Waals surface area contributed by atoms with E-state index in [0.717, 1.165) is 31.6 Å². The highest BCUT2D eigenvalue weighted by molar-refractivity contribution is 7.09. The summed E-state index contributed by atoms with van der Waals surface area (Å²) in [7, 11) is 0. The van der Waals surface area contributed by atoms with E-state index in [4.69, 9.17) is 0 Å². The minimum atomic E-state index is 0.689. The molecule has 1 aliphatic rings. The maximum atomic E-state index is 3.56. The van der Waals surface area contributed by atoms with Gasteiger partial charge in [0.2, 0.25) is 0 Å². The number of thiophene rings is 1. The topological polar surface area (TPSA) is 15.3 Å². The van der Waals surface area contributed by atoms with Crippen LogP contribution in [0.15, 0.2) is 17.5 Å². The molecule has 1 atom stereocenters. The Balaban J connectivity index is 1.75. The van der Waals surface area contributed by atoms with Crippen molar-refractivity contribution in [2.24, 2.45) is 5.92 Å². The minimum Gasteiger partial charge on any atom is -0.316 e. The molecule has 1 aromatic rings. The Morgan fingerprint density at radius 3 is 2.74 bits per heavy atom. The fraction of sp³-hybridized carbons (Fsp3) is 0.750. The zero-order valence-corrected chi connectivity index (χ0v) is 13.4. The first-order chi connectivity index (χ1) is 9.16. The zero-order valence-electron chi connectivity index (χ0n) is 12.6. The lowest BCUT2D eigenvalue weighted by molar-refractivity contribution is 0.181. The summed E-state index contributed by atoms with van der Waals surface area (Å²) in [5.41, 5.74) is 0. The zero-order chi connectivity index (χ0) is 13.7. The molecular weight excluding hydrogens is 252 g/mol. The van der Waals surface area contributed by atoms with Gasteiger partial charge in [-0.15, -0.1) is 11.3 Å². The first-order valence-corrected chi connectivity index (χ1v) is 8.53. The maximum Gasteiger partial charge on any atom is 0.0333 e. The van der Waals surface area contributed by atoms with E-state index in [1.165, 1.54) is 24.1 Å². The summed E-state index contributed by atoms with van der Waals surface area (Å²) in [6.45, 7) is 10.4. The van der Waals surface area contributed by atoms with Gasteiger partial charge in [-0.05, 0) is 56.6 Å². The van der Waals surface area contributed by atoms with Gasteiger partial charge in [0.1, 0.15) is 0 Å². The first kappa shape index (κ1) is 15.0. The number of nitrogens with one attached hydrogen (secondary N) is 1. The average molecular weight is 280 g/mol. The second kappa shape index (κ2) is 7.41. The number of rotatable bonds is 9. The largest absolute Gasteiger partial charge is 0.316 e. The van der Waals surface area contributed by atoms with Crippen molar-refractivity contribution in [3.8, 4) is 0 Å². The Morgan fingerprint density at radius 2 is 2.16 bits per heavy atom. The molecule has 0 saturated heterocycles. The molecule has 1 aromatic heterocycles. The van der Waals surface area contributed by atoms with Crippen molar-refractivity contribution in [2.45, 2.75) is 58.7 Å². The van der Waals surface area contributed by atoms with Gasteiger partial charge in [-0.1, -0.05) is 19.9 Å². The van der Waals surface area contributed by atoms with Crippen LogP contribution in [0, 0.1) is 5.92 Å². The fourth-order valence-corrected chi connectivity index (χ4v) is 3.21. The molecule has 0 spiro atoms. The van der Waals surface area contributed by atoms with E-state index in [0.29, 0.717) is 6.04 Å². The second-order valence-corrected chi connectivity index (χ2v) is 7.25. The van der Waals surface area contributed by atoms with Crippen molar-refractivity contribution in [3.05, 3.63) is 22.4 Å². The van der Waals surface area contributed by atoms with Crippen LogP contribution in [-0.4, -0.2) is 30.1 Å². The first-order valence-electron chi connectivity index (χ1n) is 7.65.